The molecule has 23 heavy (non-hydrogen) atoms. The van der Waals surface area contributed by atoms with Crippen molar-refractivity contribution in [3.8, 4) is 5.88 Å². The fourth-order valence-electron chi connectivity index (χ4n) is 3.86. The summed E-state index contributed by atoms with van der Waals surface area (Å²) >= 11 is 7.89. The second-order valence-corrected chi connectivity index (χ2v) is 8.27. The SMILES string of the molecule is CN(C)C1CCC(Oc2nc(Cl)nc3sc4c(c23)CCC4)CC1. The normalized spacial score (nSPS) is 24.3. The molecule has 0 saturated heterocycles. The molecule has 0 radical (unpaired) electrons. The molecule has 2 heterocycles. The number of halogens is 1. The minimum atomic E-state index is 0.248. The van der Waals surface area contributed by atoms with Crippen LogP contribution in [0, 0.1) is 0 Å². The highest BCUT2D eigenvalue weighted by molar-refractivity contribution is 7.19. The monoisotopic (exact) mass is 351 g/mol. The van der Waals surface area contributed by atoms with Gasteiger partial charge in [0, 0.05) is 10.9 Å². The Morgan fingerprint density at radius 1 is 1.13 bits per heavy atom. The zero-order valence-corrected chi connectivity index (χ0v) is 15.2. The molecule has 2 aliphatic rings. The predicted molar refractivity (Wildman–Crippen MR) is 94.8 cm³/mol. The fourth-order valence-corrected chi connectivity index (χ4v) is 5.32. The lowest BCUT2D eigenvalue weighted by Crippen LogP contribution is -2.35. The summed E-state index contributed by atoms with van der Waals surface area (Å²) in [6.45, 7) is 0. The molecular formula is C17H22ClN3OS. The third-order valence-corrected chi connectivity index (χ3v) is 6.51. The van der Waals surface area contributed by atoms with Crippen LogP contribution in [0.3, 0.4) is 0 Å². The van der Waals surface area contributed by atoms with Crippen LogP contribution in [0.1, 0.15) is 42.5 Å². The van der Waals surface area contributed by atoms with E-state index in [-0.39, 0.29) is 6.10 Å². The molecule has 0 aliphatic heterocycles. The first-order valence-corrected chi connectivity index (χ1v) is 9.62. The highest BCUT2D eigenvalue weighted by Gasteiger charge is 2.27. The van der Waals surface area contributed by atoms with Gasteiger partial charge >= 0.3 is 0 Å². The van der Waals surface area contributed by atoms with Gasteiger partial charge in [-0.25, -0.2) is 4.98 Å². The van der Waals surface area contributed by atoms with Gasteiger partial charge in [0.15, 0.2) is 0 Å². The topological polar surface area (TPSA) is 38.2 Å². The van der Waals surface area contributed by atoms with Crippen LogP contribution in [0.15, 0.2) is 0 Å². The predicted octanol–water partition coefficient (Wildman–Crippen LogP) is 4.09. The van der Waals surface area contributed by atoms with Gasteiger partial charge in [0.25, 0.3) is 0 Å². The highest BCUT2D eigenvalue weighted by Crippen LogP contribution is 2.41. The summed E-state index contributed by atoms with van der Waals surface area (Å²) in [4.78, 5) is 13.6. The molecule has 0 bridgehead atoms. The maximum atomic E-state index is 6.31. The van der Waals surface area contributed by atoms with Gasteiger partial charge in [-0.15, -0.1) is 11.3 Å². The molecule has 4 nitrogen and oxygen atoms in total. The average Bonchev–Trinajstić information content (AvgIpc) is 3.07. The molecule has 4 rings (SSSR count). The third kappa shape index (κ3) is 2.94. The number of aryl methyl sites for hydroxylation is 2. The Bertz CT molecular complexity index is 722. The Morgan fingerprint density at radius 3 is 2.65 bits per heavy atom. The number of thiophene rings is 1. The van der Waals surface area contributed by atoms with Crippen LogP contribution in [0.5, 0.6) is 5.88 Å². The first kappa shape index (κ1) is 15.6. The number of aromatic nitrogens is 2. The Kier molecular flexibility index (Phi) is 4.20. The molecule has 0 unspecified atom stereocenters. The summed E-state index contributed by atoms with van der Waals surface area (Å²) < 4.78 is 6.31. The first-order valence-electron chi connectivity index (χ1n) is 8.42. The minimum Gasteiger partial charge on any atom is -0.474 e. The van der Waals surface area contributed by atoms with Crippen molar-refractivity contribution in [3.05, 3.63) is 15.7 Å². The zero-order chi connectivity index (χ0) is 16.0. The quantitative estimate of drug-likeness (QED) is 0.781. The first-order chi connectivity index (χ1) is 11.1. The summed E-state index contributed by atoms with van der Waals surface area (Å²) in [7, 11) is 4.32. The highest BCUT2D eigenvalue weighted by atomic mass is 35.5. The van der Waals surface area contributed by atoms with E-state index in [1.165, 1.54) is 29.7 Å². The number of rotatable bonds is 3. The van der Waals surface area contributed by atoms with E-state index >= 15 is 0 Å². The maximum absolute atomic E-state index is 6.31. The number of fused-ring (bicyclic) bond motifs is 3. The van der Waals surface area contributed by atoms with E-state index in [1.807, 2.05) is 0 Å². The molecule has 1 fully saturated rings. The maximum Gasteiger partial charge on any atom is 0.227 e. The van der Waals surface area contributed by atoms with Crippen LogP contribution < -0.4 is 4.74 Å². The molecule has 1 saturated carbocycles. The molecule has 0 amide bonds. The lowest BCUT2D eigenvalue weighted by molar-refractivity contribution is 0.108. The van der Waals surface area contributed by atoms with Crippen molar-refractivity contribution in [1.29, 1.82) is 0 Å². The lowest BCUT2D eigenvalue weighted by atomic mass is 9.92. The van der Waals surface area contributed by atoms with Crippen molar-refractivity contribution < 1.29 is 4.74 Å². The molecule has 0 atom stereocenters. The smallest absolute Gasteiger partial charge is 0.227 e. The Hall–Kier alpha value is -0.910. The largest absolute Gasteiger partial charge is 0.474 e. The molecular weight excluding hydrogens is 330 g/mol. The Labute approximate surface area is 145 Å². The van der Waals surface area contributed by atoms with Gasteiger partial charge in [-0.05, 0) is 76.2 Å². The van der Waals surface area contributed by atoms with E-state index in [0.717, 1.165) is 35.9 Å². The Morgan fingerprint density at radius 2 is 1.91 bits per heavy atom. The van der Waals surface area contributed by atoms with Crippen molar-refractivity contribution in [3.63, 3.8) is 0 Å². The van der Waals surface area contributed by atoms with Crippen LogP contribution >= 0.6 is 22.9 Å². The van der Waals surface area contributed by atoms with Crippen LogP contribution in [0.4, 0.5) is 0 Å². The van der Waals surface area contributed by atoms with E-state index in [9.17, 15) is 0 Å². The van der Waals surface area contributed by atoms with Crippen molar-refractivity contribution in [2.75, 3.05) is 14.1 Å². The van der Waals surface area contributed by atoms with Crippen molar-refractivity contribution in [2.24, 2.45) is 0 Å². The van der Waals surface area contributed by atoms with Gasteiger partial charge in [-0.3, -0.25) is 0 Å². The van der Waals surface area contributed by atoms with Crippen LogP contribution in [-0.4, -0.2) is 41.1 Å². The minimum absolute atomic E-state index is 0.248. The standard InChI is InChI=1S/C17H22ClN3OS/c1-21(2)10-6-8-11(9-7-10)22-15-14-12-4-3-5-13(12)23-16(14)20-17(18)19-15/h10-11H,3-9H2,1-2H3. The molecule has 2 aliphatic carbocycles. The van der Waals surface area contributed by atoms with Crippen molar-refractivity contribution in [2.45, 2.75) is 57.1 Å². The second kappa shape index (κ2) is 6.19. The molecule has 0 N–H and O–H groups in total. The number of nitrogens with zero attached hydrogens (tertiary/aromatic N) is 3. The molecule has 0 spiro atoms. The van der Waals surface area contributed by atoms with Crippen LogP contribution in [0.2, 0.25) is 5.28 Å². The molecule has 6 heteroatoms. The van der Waals surface area contributed by atoms with Crippen molar-refractivity contribution >= 4 is 33.2 Å². The summed E-state index contributed by atoms with van der Waals surface area (Å²) in [5, 5.41) is 1.43. The van der Waals surface area contributed by atoms with Gasteiger partial charge in [0.1, 0.15) is 10.9 Å². The van der Waals surface area contributed by atoms with E-state index < -0.39 is 0 Å². The van der Waals surface area contributed by atoms with Gasteiger partial charge in [0.05, 0.1) is 5.39 Å². The summed E-state index contributed by atoms with van der Waals surface area (Å²) in [6, 6.07) is 0.675. The fraction of sp³-hybridized carbons (Fsp3) is 0.647. The van der Waals surface area contributed by atoms with Gasteiger partial charge in [0.2, 0.25) is 11.2 Å². The second-order valence-electron chi connectivity index (χ2n) is 6.85. The molecule has 0 aromatic carbocycles. The van der Waals surface area contributed by atoms with Crippen LogP contribution in [0.25, 0.3) is 10.2 Å². The zero-order valence-electron chi connectivity index (χ0n) is 13.6. The number of ether oxygens (including phenoxy) is 1. The van der Waals surface area contributed by atoms with E-state index in [1.54, 1.807) is 11.3 Å². The molecule has 124 valence electrons. The van der Waals surface area contributed by atoms with Gasteiger partial charge in [-0.2, -0.15) is 4.98 Å². The number of hydrogen-bond donors (Lipinski definition) is 0. The van der Waals surface area contributed by atoms with E-state index in [4.69, 9.17) is 16.3 Å². The Balaban J connectivity index is 1.59. The average molecular weight is 352 g/mol. The lowest BCUT2D eigenvalue weighted by Gasteiger charge is -2.32. The third-order valence-electron chi connectivity index (χ3n) is 5.16. The summed E-state index contributed by atoms with van der Waals surface area (Å²) in [5.41, 5.74) is 1.40. The molecule has 2 aromatic heterocycles. The van der Waals surface area contributed by atoms with Gasteiger partial charge in [-0.1, -0.05) is 0 Å². The summed E-state index contributed by atoms with van der Waals surface area (Å²) in [6.07, 6.45) is 8.27. The summed E-state index contributed by atoms with van der Waals surface area (Å²) in [5.74, 6) is 0.715. The van der Waals surface area contributed by atoms with E-state index in [0.29, 0.717) is 17.2 Å². The van der Waals surface area contributed by atoms with Crippen molar-refractivity contribution in [1.82, 2.24) is 14.9 Å². The van der Waals surface area contributed by atoms with Crippen LogP contribution in [-0.2, 0) is 12.8 Å². The number of hydrogen-bond acceptors (Lipinski definition) is 5. The van der Waals surface area contributed by atoms with Gasteiger partial charge < -0.3 is 9.64 Å². The molecule has 2 aromatic rings. The van der Waals surface area contributed by atoms with E-state index in [2.05, 4.69) is 29.0 Å².